The first-order chi connectivity index (χ1) is 8.34. The number of nitrogens with one attached hydrogen (secondary N) is 1. The molecule has 0 amide bonds. The SMILES string of the molecule is CN(CCc1csc2ccccc12)C1CNC1. The number of fused-ring (bicyclic) bond motifs is 1. The zero-order valence-corrected chi connectivity index (χ0v) is 11.0. The third-order valence-electron chi connectivity index (χ3n) is 3.68. The van der Waals surface area contributed by atoms with Crippen molar-refractivity contribution in [1.29, 1.82) is 0 Å². The Morgan fingerprint density at radius 1 is 1.35 bits per heavy atom. The molecule has 0 atom stereocenters. The molecule has 2 nitrogen and oxygen atoms in total. The van der Waals surface area contributed by atoms with Crippen LogP contribution < -0.4 is 5.32 Å². The molecule has 2 aromatic rings. The molecule has 0 unspecified atom stereocenters. The number of hydrogen-bond donors (Lipinski definition) is 1. The summed E-state index contributed by atoms with van der Waals surface area (Å²) in [6.45, 7) is 3.47. The van der Waals surface area contributed by atoms with Gasteiger partial charge in [0.05, 0.1) is 0 Å². The Kier molecular flexibility index (Phi) is 3.14. The second-order valence-corrected chi connectivity index (χ2v) is 5.71. The molecule has 0 aliphatic carbocycles. The number of nitrogens with zero attached hydrogens (tertiary/aromatic N) is 1. The molecule has 0 spiro atoms. The summed E-state index contributed by atoms with van der Waals surface area (Å²) in [7, 11) is 2.24. The maximum atomic E-state index is 3.33. The minimum Gasteiger partial charge on any atom is -0.314 e. The third-order valence-corrected chi connectivity index (χ3v) is 4.69. The van der Waals surface area contributed by atoms with E-state index in [-0.39, 0.29) is 0 Å². The molecular weight excluding hydrogens is 228 g/mol. The second kappa shape index (κ2) is 4.77. The van der Waals surface area contributed by atoms with E-state index < -0.39 is 0 Å². The van der Waals surface area contributed by atoms with Gasteiger partial charge in [0.25, 0.3) is 0 Å². The third kappa shape index (κ3) is 2.23. The van der Waals surface area contributed by atoms with Crippen molar-refractivity contribution < 1.29 is 0 Å². The van der Waals surface area contributed by atoms with Crippen molar-refractivity contribution >= 4 is 21.4 Å². The fourth-order valence-corrected chi connectivity index (χ4v) is 3.29. The molecule has 2 heterocycles. The standard InChI is InChI=1S/C14H18N2S/c1-16(12-8-15-9-12)7-6-11-10-17-14-5-3-2-4-13(11)14/h2-5,10,12,15H,6-9H2,1H3. The smallest absolute Gasteiger partial charge is 0.0345 e. The molecule has 1 aromatic carbocycles. The number of rotatable bonds is 4. The molecule has 90 valence electrons. The summed E-state index contributed by atoms with van der Waals surface area (Å²) in [6.07, 6.45) is 1.16. The number of thiophene rings is 1. The molecule has 1 fully saturated rings. The zero-order valence-electron chi connectivity index (χ0n) is 10.1. The first-order valence-electron chi connectivity index (χ1n) is 6.20. The Labute approximate surface area is 106 Å². The minimum absolute atomic E-state index is 0.750. The van der Waals surface area contributed by atoms with Crippen LogP contribution in [0.1, 0.15) is 5.56 Å². The van der Waals surface area contributed by atoms with Crippen molar-refractivity contribution in [1.82, 2.24) is 10.2 Å². The van der Waals surface area contributed by atoms with Gasteiger partial charge in [-0.05, 0) is 35.9 Å². The first kappa shape index (κ1) is 11.2. The molecule has 0 radical (unpaired) electrons. The molecule has 1 saturated heterocycles. The molecule has 17 heavy (non-hydrogen) atoms. The highest BCUT2D eigenvalue weighted by atomic mass is 32.1. The number of likely N-dealkylation sites (N-methyl/N-ethyl adjacent to an activating group) is 1. The van der Waals surface area contributed by atoms with E-state index in [0.29, 0.717) is 0 Å². The van der Waals surface area contributed by atoms with E-state index in [1.54, 1.807) is 0 Å². The van der Waals surface area contributed by atoms with E-state index in [1.165, 1.54) is 15.6 Å². The maximum Gasteiger partial charge on any atom is 0.0345 e. The van der Waals surface area contributed by atoms with Crippen molar-refractivity contribution in [2.45, 2.75) is 12.5 Å². The lowest BCUT2D eigenvalue weighted by Gasteiger charge is -2.35. The minimum atomic E-state index is 0.750. The van der Waals surface area contributed by atoms with Gasteiger partial charge in [-0.3, -0.25) is 0 Å². The summed E-state index contributed by atoms with van der Waals surface area (Å²) in [5, 5.41) is 7.08. The predicted molar refractivity (Wildman–Crippen MR) is 74.8 cm³/mol. The van der Waals surface area contributed by atoms with Gasteiger partial charge in [0, 0.05) is 30.4 Å². The molecular formula is C14H18N2S. The Morgan fingerprint density at radius 3 is 2.94 bits per heavy atom. The van der Waals surface area contributed by atoms with Gasteiger partial charge in [-0.2, -0.15) is 0 Å². The van der Waals surface area contributed by atoms with Crippen LogP contribution >= 0.6 is 11.3 Å². The second-order valence-electron chi connectivity index (χ2n) is 4.80. The van der Waals surface area contributed by atoms with E-state index >= 15 is 0 Å². The normalized spacial score (nSPS) is 16.6. The van der Waals surface area contributed by atoms with Crippen LogP contribution in [0.2, 0.25) is 0 Å². The van der Waals surface area contributed by atoms with Crippen LogP contribution in [0.3, 0.4) is 0 Å². The fourth-order valence-electron chi connectivity index (χ4n) is 2.29. The lowest BCUT2D eigenvalue weighted by Crippen LogP contribution is -2.56. The van der Waals surface area contributed by atoms with E-state index in [4.69, 9.17) is 0 Å². The number of benzene rings is 1. The Morgan fingerprint density at radius 2 is 2.18 bits per heavy atom. The van der Waals surface area contributed by atoms with E-state index in [0.717, 1.165) is 32.1 Å². The van der Waals surface area contributed by atoms with Gasteiger partial charge in [0.1, 0.15) is 0 Å². The highest BCUT2D eigenvalue weighted by molar-refractivity contribution is 7.17. The van der Waals surface area contributed by atoms with Crippen LogP contribution in [0.5, 0.6) is 0 Å². The number of hydrogen-bond acceptors (Lipinski definition) is 3. The molecule has 3 heteroatoms. The largest absolute Gasteiger partial charge is 0.314 e. The van der Waals surface area contributed by atoms with Gasteiger partial charge in [-0.25, -0.2) is 0 Å². The van der Waals surface area contributed by atoms with Crippen molar-refractivity contribution in [3.8, 4) is 0 Å². The molecule has 1 aliphatic heterocycles. The van der Waals surface area contributed by atoms with E-state index in [2.05, 4.69) is 46.9 Å². The van der Waals surface area contributed by atoms with Crippen LogP contribution in [0.25, 0.3) is 10.1 Å². The van der Waals surface area contributed by atoms with Crippen LogP contribution in [0, 0.1) is 0 Å². The van der Waals surface area contributed by atoms with Gasteiger partial charge in [0.2, 0.25) is 0 Å². The van der Waals surface area contributed by atoms with Crippen molar-refractivity contribution in [2.75, 3.05) is 26.7 Å². The quantitative estimate of drug-likeness (QED) is 0.891. The van der Waals surface area contributed by atoms with Crippen molar-refractivity contribution in [3.05, 3.63) is 35.2 Å². The highest BCUT2D eigenvalue weighted by Gasteiger charge is 2.20. The average Bonchev–Trinajstić information content (AvgIpc) is 2.67. The molecule has 0 saturated carbocycles. The van der Waals surface area contributed by atoms with Crippen molar-refractivity contribution in [2.24, 2.45) is 0 Å². The average molecular weight is 246 g/mol. The monoisotopic (exact) mass is 246 g/mol. The Hall–Kier alpha value is -0.900. The highest BCUT2D eigenvalue weighted by Crippen LogP contribution is 2.26. The summed E-state index contributed by atoms with van der Waals surface area (Å²) in [4.78, 5) is 2.48. The first-order valence-corrected chi connectivity index (χ1v) is 7.08. The van der Waals surface area contributed by atoms with E-state index in [1.807, 2.05) is 11.3 Å². The predicted octanol–water partition coefficient (Wildman–Crippen LogP) is 2.35. The lowest BCUT2D eigenvalue weighted by atomic mass is 10.1. The Balaban J connectivity index is 1.68. The molecule has 0 bridgehead atoms. The van der Waals surface area contributed by atoms with Crippen LogP contribution in [0.4, 0.5) is 0 Å². The van der Waals surface area contributed by atoms with Gasteiger partial charge < -0.3 is 10.2 Å². The Bertz CT molecular complexity index is 502. The summed E-state index contributed by atoms with van der Waals surface area (Å²) >= 11 is 1.86. The fraction of sp³-hybridized carbons (Fsp3) is 0.429. The summed E-state index contributed by atoms with van der Waals surface area (Å²) in [5.41, 5.74) is 1.50. The maximum absolute atomic E-state index is 3.33. The molecule has 1 N–H and O–H groups in total. The van der Waals surface area contributed by atoms with Gasteiger partial charge in [0.15, 0.2) is 0 Å². The van der Waals surface area contributed by atoms with Gasteiger partial charge in [-0.1, -0.05) is 18.2 Å². The molecule has 1 aromatic heterocycles. The lowest BCUT2D eigenvalue weighted by molar-refractivity contribution is 0.182. The van der Waals surface area contributed by atoms with E-state index in [9.17, 15) is 0 Å². The molecule has 1 aliphatic rings. The zero-order chi connectivity index (χ0) is 11.7. The topological polar surface area (TPSA) is 15.3 Å². The van der Waals surface area contributed by atoms with Gasteiger partial charge >= 0.3 is 0 Å². The summed E-state index contributed by atoms with van der Waals surface area (Å²) in [6, 6.07) is 9.46. The van der Waals surface area contributed by atoms with Crippen LogP contribution in [-0.4, -0.2) is 37.6 Å². The summed E-state index contributed by atoms with van der Waals surface area (Å²) < 4.78 is 1.41. The van der Waals surface area contributed by atoms with Crippen molar-refractivity contribution in [3.63, 3.8) is 0 Å². The summed E-state index contributed by atoms with van der Waals surface area (Å²) in [5.74, 6) is 0. The van der Waals surface area contributed by atoms with Gasteiger partial charge in [-0.15, -0.1) is 11.3 Å². The van der Waals surface area contributed by atoms with Crippen LogP contribution in [0.15, 0.2) is 29.6 Å². The molecule has 3 rings (SSSR count). The van der Waals surface area contributed by atoms with Crippen LogP contribution in [-0.2, 0) is 6.42 Å².